The highest BCUT2D eigenvalue weighted by Gasteiger charge is 2.13. The van der Waals surface area contributed by atoms with Crippen LogP contribution >= 0.6 is 35.6 Å². The van der Waals surface area contributed by atoms with Gasteiger partial charge < -0.3 is 19.5 Å². The normalized spacial score (nSPS) is 10.4. The van der Waals surface area contributed by atoms with Gasteiger partial charge in [-0.1, -0.05) is 41.4 Å². The molecule has 0 amide bonds. The lowest BCUT2D eigenvalue weighted by Gasteiger charge is -2.15. The summed E-state index contributed by atoms with van der Waals surface area (Å²) >= 11 is 12.6. The highest BCUT2D eigenvalue weighted by Crippen LogP contribution is 2.37. The smallest absolute Gasteiger partial charge is 0.180 e. The Labute approximate surface area is 177 Å². The van der Waals surface area contributed by atoms with Crippen molar-refractivity contribution in [1.82, 2.24) is 5.32 Å². The molecule has 0 saturated carbocycles. The second-order valence-corrected chi connectivity index (χ2v) is 6.53. The topological polar surface area (TPSA) is 39.7 Å². The monoisotopic (exact) mass is 433 g/mol. The summed E-state index contributed by atoms with van der Waals surface area (Å²) in [6.07, 6.45) is 0.970. The first-order valence-electron chi connectivity index (χ1n) is 8.66. The summed E-state index contributed by atoms with van der Waals surface area (Å²) in [5, 5.41) is 4.55. The fourth-order valence-corrected chi connectivity index (χ4v) is 2.94. The number of ether oxygens (including phenoxy) is 3. The third kappa shape index (κ3) is 7.76. The summed E-state index contributed by atoms with van der Waals surface area (Å²) in [6, 6.07) is 11.4. The third-order valence-corrected chi connectivity index (χ3v) is 4.44. The maximum atomic E-state index is 6.41. The first-order valence-corrected chi connectivity index (χ1v) is 9.42. The second-order valence-electron chi connectivity index (χ2n) is 5.72. The largest absolute Gasteiger partial charge is 0.493 e. The molecule has 0 bridgehead atoms. The first kappa shape index (κ1) is 23.9. The molecule has 0 fully saturated rings. The molecule has 0 aliphatic carbocycles. The van der Waals surface area contributed by atoms with Crippen LogP contribution in [0.3, 0.4) is 0 Å². The number of methoxy groups -OCH3 is 1. The van der Waals surface area contributed by atoms with Crippen LogP contribution in [-0.2, 0) is 17.9 Å². The summed E-state index contributed by atoms with van der Waals surface area (Å²) in [6.45, 7) is 5.42. The van der Waals surface area contributed by atoms with Crippen LogP contribution in [0.5, 0.6) is 11.5 Å². The van der Waals surface area contributed by atoms with Crippen LogP contribution in [0.25, 0.3) is 0 Å². The van der Waals surface area contributed by atoms with E-state index < -0.39 is 0 Å². The molecule has 0 atom stereocenters. The fourth-order valence-electron chi connectivity index (χ4n) is 2.46. The van der Waals surface area contributed by atoms with Gasteiger partial charge in [0.05, 0.1) is 12.1 Å². The third-order valence-electron chi connectivity index (χ3n) is 3.79. The first-order chi connectivity index (χ1) is 12.7. The van der Waals surface area contributed by atoms with Crippen molar-refractivity contribution in [3.63, 3.8) is 0 Å². The Kier molecular flexibility index (Phi) is 11.6. The van der Waals surface area contributed by atoms with Crippen molar-refractivity contribution in [3.05, 3.63) is 57.6 Å². The molecule has 0 aliphatic rings. The molecule has 0 spiro atoms. The number of hydrogen-bond donors (Lipinski definition) is 1. The van der Waals surface area contributed by atoms with Crippen molar-refractivity contribution < 1.29 is 14.2 Å². The van der Waals surface area contributed by atoms with Crippen LogP contribution < -0.4 is 14.8 Å². The summed E-state index contributed by atoms with van der Waals surface area (Å²) in [5.74, 6) is 1.13. The van der Waals surface area contributed by atoms with E-state index in [1.165, 1.54) is 0 Å². The van der Waals surface area contributed by atoms with E-state index in [0.29, 0.717) is 34.7 Å². The SMILES string of the molecule is CCOCCCNCc1cc(Cl)c(OCc2ccccc2Cl)c(OC)c1.Cl. The Morgan fingerprint density at radius 3 is 2.56 bits per heavy atom. The minimum absolute atomic E-state index is 0. The molecule has 1 N–H and O–H groups in total. The molecular weight excluding hydrogens is 409 g/mol. The van der Waals surface area contributed by atoms with E-state index in [1.807, 2.05) is 43.3 Å². The van der Waals surface area contributed by atoms with Crippen molar-refractivity contribution in [3.8, 4) is 11.5 Å². The quantitative estimate of drug-likeness (QED) is 0.473. The van der Waals surface area contributed by atoms with Gasteiger partial charge in [0.25, 0.3) is 0 Å². The van der Waals surface area contributed by atoms with Crippen molar-refractivity contribution in [2.24, 2.45) is 0 Å². The molecule has 0 heterocycles. The Hall–Kier alpha value is -1.17. The molecule has 0 unspecified atom stereocenters. The molecule has 27 heavy (non-hydrogen) atoms. The lowest BCUT2D eigenvalue weighted by Crippen LogP contribution is -2.16. The average molecular weight is 435 g/mol. The van der Waals surface area contributed by atoms with Crippen molar-refractivity contribution in [2.75, 3.05) is 26.9 Å². The zero-order valence-electron chi connectivity index (χ0n) is 15.6. The van der Waals surface area contributed by atoms with E-state index in [2.05, 4.69) is 5.32 Å². The van der Waals surface area contributed by atoms with Gasteiger partial charge in [0.2, 0.25) is 0 Å². The molecule has 0 aromatic heterocycles. The number of halogens is 3. The molecule has 0 aliphatic heterocycles. The van der Waals surface area contributed by atoms with E-state index in [0.717, 1.165) is 37.3 Å². The Balaban J connectivity index is 0.00000364. The number of rotatable bonds is 11. The fraction of sp³-hybridized carbons (Fsp3) is 0.400. The highest BCUT2D eigenvalue weighted by molar-refractivity contribution is 6.32. The van der Waals surface area contributed by atoms with E-state index in [9.17, 15) is 0 Å². The zero-order chi connectivity index (χ0) is 18.8. The lowest BCUT2D eigenvalue weighted by atomic mass is 10.2. The minimum Gasteiger partial charge on any atom is -0.493 e. The van der Waals surface area contributed by atoms with Crippen molar-refractivity contribution >= 4 is 35.6 Å². The Morgan fingerprint density at radius 2 is 1.85 bits per heavy atom. The molecule has 4 nitrogen and oxygen atoms in total. The maximum Gasteiger partial charge on any atom is 0.180 e. The van der Waals surface area contributed by atoms with Gasteiger partial charge in [-0.15, -0.1) is 12.4 Å². The van der Waals surface area contributed by atoms with Gasteiger partial charge >= 0.3 is 0 Å². The van der Waals surface area contributed by atoms with Gasteiger partial charge in [-0.2, -0.15) is 0 Å². The van der Waals surface area contributed by atoms with Gasteiger partial charge in [0, 0.05) is 30.3 Å². The summed E-state index contributed by atoms with van der Waals surface area (Å²) < 4.78 is 16.6. The van der Waals surface area contributed by atoms with Gasteiger partial charge in [0.1, 0.15) is 6.61 Å². The van der Waals surface area contributed by atoms with Crippen LogP contribution in [0.15, 0.2) is 36.4 Å². The molecule has 2 rings (SSSR count). The highest BCUT2D eigenvalue weighted by atomic mass is 35.5. The van der Waals surface area contributed by atoms with Crippen LogP contribution in [0, 0.1) is 0 Å². The van der Waals surface area contributed by atoms with Crippen LogP contribution in [-0.4, -0.2) is 26.9 Å². The van der Waals surface area contributed by atoms with Gasteiger partial charge in [-0.05, 0) is 43.7 Å². The molecule has 2 aromatic carbocycles. The molecule has 0 radical (unpaired) electrons. The van der Waals surface area contributed by atoms with Crippen LogP contribution in [0.4, 0.5) is 0 Å². The standard InChI is InChI=1S/C20H25Cl2NO3.ClH/c1-3-25-10-6-9-23-13-15-11-18(22)20(19(12-15)24-2)26-14-16-7-4-5-8-17(16)21;/h4-5,7-8,11-12,23H,3,6,9-10,13-14H2,1-2H3;1H. The number of hydrogen-bond acceptors (Lipinski definition) is 4. The Bertz CT molecular complexity index is 698. The van der Waals surface area contributed by atoms with E-state index >= 15 is 0 Å². The lowest BCUT2D eigenvalue weighted by molar-refractivity contribution is 0.144. The molecule has 2 aromatic rings. The predicted molar refractivity (Wildman–Crippen MR) is 114 cm³/mol. The molecule has 7 heteroatoms. The minimum atomic E-state index is 0. The predicted octanol–water partition coefficient (Wildman–Crippen LogP) is 5.52. The maximum absolute atomic E-state index is 6.41. The van der Waals surface area contributed by atoms with Gasteiger partial charge in [-0.3, -0.25) is 0 Å². The summed E-state index contributed by atoms with van der Waals surface area (Å²) in [7, 11) is 1.60. The Morgan fingerprint density at radius 1 is 1.07 bits per heavy atom. The average Bonchev–Trinajstić information content (AvgIpc) is 2.64. The van der Waals surface area contributed by atoms with Crippen LogP contribution in [0.2, 0.25) is 10.0 Å². The second kappa shape index (κ2) is 13.1. The molecule has 150 valence electrons. The zero-order valence-corrected chi connectivity index (χ0v) is 17.9. The molecule has 0 saturated heterocycles. The van der Waals surface area contributed by atoms with E-state index in [-0.39, 0.29) is 12.4 Å². The summed E-state index contributed by atoms with van der Waals surface area (Å²) in [5.41, 5.74) is 1.93. The number of nitrogens with one attached hydrogen (secondary N) is 1. The van der Waals surface area contributed by atoms with Gasteiger partial charge in [0.15, 0.2) is 11.5 Å². The summed E-state index contributed by atoms with van der Waals surface area (Å²) in [4.78, 5) is 0. The van der Waals surface area contributed by atoms with E-state index in [1.54, 1.807) is 7.11 Å². The van der Waals surface area contributed by atoms with Crippen molar-refractivity contribution in [2.45, 2.75) is 26.5 Å². The molecular formula is C20H26Cl3NO3. The van der Waals surface area contributed by atoms with Gasteiger partial charge in [-0.25, -0.2) is 0 Å². The van der Waals surface area contributed by atoms with E-state index in [4.69, 9.17) is 37.4 Å². The number of benzene rings is 2. The van der Waals surface area contributed by atoms with Crippen LogP contribution in [0.1, 0.15) is 24.5 Å². The van der Waals surface area contributed by atoms with Crippen molar-refractivity contribution in [1.29, 1.82) is 0 Å².